The van der Waals surface area contributed by atoms with Crippen LogP contribution >= 0.6 is 26.8 Å². The van der Waals surface area contributed by atoms with Gasteiger partial charge in [0.2, 0.25) is 5.28 Å². The van der Waals surface area contributed by atoms with Crippen molar-refractivity contribution in [2.24, 2.45) is 0 Å². The van der Waals surface area contributed by atoms with E-state index in [-0.39, 0.29) is 16.3 Å². The van der Waals surface area contributed by atoms with Crippen molar-refractivity contribution < 1.29 is 43.3 Å². The lowest BCUT2D eigenvalue weighted by Crippen LogP contribution is -2.33. The lowest BCUT2D eigenvalue weighted by atomic mass is 9.76. The highest BCUT2D eigenvalue weighted by atomic mass is 35.5. The summed E-state index contributed by atoms with van der Waals surface area (Å²) in [6.07, 6.45) is 2.63. The van der Waals surface area contributed by atoms with E-state index in [0.29, 0.717) is 17.9 Å². The third-order valence-electron chi connectivity index (χ3n) is 8.33. The minimum absolute atomic E-state index is 0.0204. The first kappa shape index (κ1) is 30.1. The smallest absolute Gasteiger partial charge is 0.340 e. The number of hydrogen-bond donors (Lipinski definition) is 5. The molecule has 2 fully saturated rings. The Hall–Kier alpha value is -1.96. The molecule has 1 aliphatic carbocycles. The first-order chi connectivity index (χ1) is 19.9. The first-order valence-electron chi connectivity index (χ1n) is 13.7. The molecule has 2 aliphatic heterocycles. The number of aromatic nitrogens is 4. The molecule has 2 unspecified atom stereocenters. The molecule has 6 rings (SSSR count). The molecule has 228 valence electrons. The fraction of sp³-hybridized carbons (Fsp3) is 0.560. The average Bonchev–Trinajstić information content (AvgIpc) is 3.48. The summed E-state index contributed by atoms with van der Waals surface area (Å²) >= 11 is 6.43. The summed E-state index contributed by atoms with van der Waals surface area (Å²) in [6, 6.07) is 8.28. The van der Waals surface area contributed by atoms with Crippen LogP contribution in [0.4, 0.5) is 11.5 Å². The van der Waals surface area contributed by atoms with E-state index in [2.05, 4.69) is 38.1 Å². The Bertz CT molecular complexity index is 1580. The van der Waals surface area contributed by atoms with E-state index >= 15 is 0 Å². The number of rotatable bonds is 7. The molecule has 17 heteroatoms. The van der Waals surface area contributed by atoms with E-state index in [9.17, 15) is 24.2 Å². The van der Waals surface area contributed by atoms with Crippen LogP contribution in [-0.2, 0) is 23.8 Å². The number of anilines is 2. The minimum Gasteiger partial charge on any atom is -0.387 e. The topological polar surface area (TPSA) is 201 Å². The fourth-order valence-electron chi connectivity index (χ4n) is 6.46. The van der Waals surface area contributed by atoms with Gasteiger partial charge in [0, 0.05) is 17.6 Å². The second kappa shape index (κ2) is 11.2. The molecule has 5 atom stereocenters. The SMILES string of the molecule is O=P(O)(O)CP(=O)(O)OC[C@H]1O[C@@H](n2cnc3c(N4CC5(CCCCCC5)c5ccccc54)nc(Cl)nc32)[C@@H](O)C1O. The Labute approximate surface area is 246 Å². The Kier molecular flexibility index (Phi) is 8.02. The Morgan fingerprint density at radius 3 is 2.48 bits per heavy atom. The zero-order chi connectivity index (χ0) is 29.9. The van der Waals surface area contributed by atoms with Crippen LogP contribution < -0.4 is 4.90 Å². The number of halogens is 1. The third-order valence-corrected chi connectivity index (χ3v) is 12.0. The Morgan fingerprint density at radius 2 is 1.76 bits per heavy atom. The van der Waals surface area contributed by atoms with Crippen molar-refractivity contribution in [1.29, 1.82) is 0 Å². The summed E-state index contributed by atoms with van der Waals surface area (Å²) < 4.78 is 35.2. The van der Waals surface area contributed by atoms with Crippen LogP contribution in [0.25, 0.3) is 11.2 Å². The van der Waals surface area contributed by atoms with Crippen LogP contribution in [0.1, 0.15) is 50.3 Å². The molecule has 0 bridgehead atoms. The van der Waals surface area contributed by atoms with Crippen LogP contribution in [0.2, 0.25) is 5.28 Å². The van der Waals surface area contributed by atoms with Crippen LogP contribution in [0.3, 0.4) is 0 Å². The fourth-order valence-corrected chi connectivity index (χ4v) is 9.19. The molecule has 42 heavy (non-hydrogen) atoms. The van der Waals surface area contributed by atoms with Gasteiger partial charge in [-0.15, -0.1) is 0 Å². The van der Waals surface area contributed by atoms with Crippen LogP contribution in [0.15, 0.2) is 30.6 Å². The lowest BCUT2D eigenvalue weighted by Gasteiger charge is -2.29. The summed E-state index contributed by atoms with van der Waals surface area (Å²) in [5.74, 6) is -0.885. The monoisotopic (exact) mass is 643 g/mol. The van der Waals surface area contributed by atoms with E-state index in [1.54, 1.807) is 0 Å². The Balaban J connectivity index is 1.30. The van der Waals surface area contributed by atoms with Crippen LogP contribution in [0.5, 0.6) is 0 Å². The second-order valence-corrected chi connectivity index (χ2v) is 15.6. The van der Waals surface area contributed by atoms with Gasteiger partial charge in [-0.05, 0) is 36.1 Å². The van der Waals surface area contributed by atoms with Gasteiger partial charge in [0.25, 0.3) is 0 Å². The molecule has 4 heterocycles. The Morgan fingerprint density at radius 1 is 1.05 bits per heavy atom. The molecule has 3 aliphatic rings. The van der Waals surface area contributed by atoms with Gasteiger partial charge in [-0.3, -0.25) is 13.7 Å². The van der Waals surface area contributed by atoms with Crippen LogP contribution in [0, 0.1) is 0 Å². The summed E-state index contributed by atoms with van der Waals surface area (Å²) in [7, 11) is -9.54. The summed E-state index contributed by atoms with van der Waals surface area (Å²) in [5, 5.41) is 21.4. The predicted molar refractivity (Wildman–Crippen MR) is 152 cm³/mol. The van der Waals surface area contributed by atoms with Gasteiger partial charge in [-0.2, -0.15) is 9.97 Å². The standard InChI is InChI=1S/C25H32ClN5O9P2/c26-24-28-21(30-12-25(9-5-1-2-6-10-25)15-7-3-4-8-16(15)30)18-22(29-24)31(13-27-18)23-20(33)19(32)17(40-23)11-39-42(37,38)14-41(34,35)36/h3-4,7-8,13,17,19-20,23,32-33H,1-2,5-6,9-12,14H2,(H,37,38)(H2,34,35,36)/t17-,19?,20+,23-/m1/s1. The summed E-state index contributed by atoms with van der Waals surface area (Å²) in [4.78, 5) is 43.4. The van der Waals surface area contributed by atoms with Crippen molar-refractivity contribution in [2.75, 3.05) is 24.0 Å². The number of hydrogen-bond acceptors (Lipinski definition) is 10. The maximum atomic E-state index is 12.1. The number of aliphatic hydroxyl groups is 2. The lowest BCUT2D eigenvalue weighted by molar-refractivity contribution is -0.0483. The van der Waals surface area contributed by atoms with Crippen molar-refractivity contribution in [3.8, 4) is 0 Å². The first-order valence-corrected chi connectivity index (χ1v) is 17.6. The van der Waals surface area contributed by atoms with E-state index in [0.717, 1.165) is 31.4 Å². The van der Waals surface area contributed by atoms with Crippen LogP contribution in [-0.4, -0.2) is 81.8 Å². The second-order valence-electron chi connectivity index (χ2n) is 11.2. The number of benzene rings is 1. The number of nitrogens with zero attached hydrogens (tertiary/aromatic N) is 5. The largest absolute Gasteiger partial charge is 0.387 e. The van der Waals surface area contributed by atoms with Gasteiger partial charge < -0.3 is 39.1 Å². The quantitative estimate of drug-likeness (QED) is 0.186. The summed E-state index contributed by atoms with van der Waals surface area (Å²) in [5.41, 5.74) is 2.93. The van der Waals surface area contributed by atoms with Gasteiger partial charge in [0.15, 0.2) is 29.1 Å². The number of imidazole rings is 1. The highest BCUT2D eigenvalue weighted by Crippen LogP contribution is 2.56. The van der Waals surface area contributed by atoms with Gasteiger partial charge >= 0.3 is 15.2 Å². The number of fused-ring (bicyclic) bond motifs is 3. The molecule has 0 amide bonds. The molecule has 0 radical (unpaired) electrons. The molecule has 1 spiro atoms. The predicted octanol–water partition coefficient (Wildman–Crippen LogP) is 3.18. The van der Waals surface area contributed by atoms with E-state index in [1.807, 2.05) is 6.07 Å². The zero-order valence-corrected chi connectivity index (χ0v) is 25.0. The highest BCUT2D eigenvalue weighted by molar-refractivity contribution is 7.70. The molecule has 5 N–H and O–H groups in total. The summed E-state index contributed by atoms with van der Waals surface area (Å²) in [6.45, 7) is 0.000919. The van der Waals surface area contributed by atoms with Gasteiger partial charge in [-0.1, -0.05) is 43.9 Å². The minimum atomic E-state index is -4.84. The molecule has 14 nitrogen and oxygen atoms in total. The molecular formula is C25H32ClN5O9P2. The van der Waals surface area contributed by atoms with Crippen molar-refractivity contribution in [1.82, 2.24) is 19.5 Å². The number of ether oxygens (including phenoxy) is 1. The zero-order valence-electron chi connectivity index (χ0n) is 22.4. The maximum Gasteiger partial charge on any atom is 0.340 e. The van der Waals surface area contributed by atoms with Crippen molar-refractivity contribution in [3.63, 3.8) is 0 Å². The number of para-hydroxylation sites is 1. The normalized spacial score (nSPS) is 27.3. The molecule has 2 aromatic heterocycles. The highest BCUT2D eigenvalue weighted by Gasteiger charge is 2.47. The van der Waals surface area contributed by atoms with Gasteiger partial charge in [0.1, 0.15) is 18.3 Å². The van der Waals surface area contributed by atoms with Crippen molar-refractivity contribution in [2.45, 2.75) is 68.5 Å². The average molecular weight is 644 g/mol. The molecule has 1 saturated carbocycles. The van der Waals surface area contributed by atoms with E-state index in [4.69, 9.17) is 30.6 Å². The molecule has 1 aromatic carbocycles. The van der Waals surface area contributed by atoms with Gasteiger partial charge in [-0.25, -0.2) is 4.98 Å². The van der Waals surface area contributed by atoms with E-state index in [1.165, 1.54) is 29.3 Å². The van der Waals surface area contributed by atoms with Crippen molar-refractivity contribution in [3.05, 3.63) is 41.4 Å². The third kappa shape index (κ3) is 5.66. The van der Waals surface area contributed by atoms with Crippen molar-refractivity contribution >= 4 is 49.5 Å². The maximum absolute atomic E-state index is 12.1. The van der Waals surface area contributed by atoms with E-state index < -0.39 is 52.2 Å². The number of aliphatic hydroxyl groups excluding tert-OH is 2. The molecule has 1 saturated heterocycles. The molecule has 3 aromatic rings. The van der Waals surface area contributed by atoms with Gasteiger partial charge in [0.05, 0.1) is 12.9 Å². The molecular weight excluding hydrogens is 612 g/mol.